The molecule has 0 radical (unpaired) electrons. The van der Waals surface area contributed by atoms with Gasteiger partial charge in [0.2, 0.25) is 5.91 Å². The molecule has 0 aromatic carbocycles. The van der Waals surface area contributed by atoms with Crippen LogP contribution in [0.2, 0.25) is 0 Å². The molecule has 0 bridgehead atoms. The third-order valence-electron chi connectivity index (χ3n) is 10.3. The van der Waals surface area contributed by atoms with Gasteiger partial charge in [-0.05, 0) is 84.6 Å². The van der Waals surface area contributed by atoms with Crippen LogP contribution in [0, 0.1) is 5.92 Å². The predicted octanol–water partition coefficient (Wildman–Crippen LogP) is 6.90. The summed E-state index contributed by atoms with van der Waals surface area (Å²) in [4.78, 5) is 29.7. The van der Waals surface area contributed by atoms with Crippen LogP contribution >= 0.6 is 11.6 Å². The Morgan fingerprint density at radius 3 is 2.35 bits per heavy atom. The maximum Gasteiger partial charge on any atom is 0.410 e. The molecule has 46 heavy (non-hydrogen) atoms. The Hall–Kier alpha value is -1.87. The molecule has 9 heteroatoms. The monoisotopic (exact) mass is 661 g/mol. The van der Waals surface area contributed by atoms with Gasteiger partial charge in [-0.1, -0.05) is 49.5 Å². The predicted molar refractivity (Wildman–Crippen MR) is 185 cm³/mol. The van der Waals surface area contributed by atoms with Crippen molar-refractivity contribution in [2.45, 2.75) is 147 Å². The lowest BCUT2D eigenvalue weighted by molar-refractivity contribution is -0.160. The van der Waals surface area contributed by atoms with Crippen molar-refractivity contribution >= 4 is 23.6 Å². The van der Waals surface area contributed by atoms with Crippen LogP contribution in [-0.4, -0.2) is 94.5 Å². The molecule has 2 heterocycles. The van der Waals surface area contributed by atoms with Gasteiger partial charge in [0.1, 0.15) is 6.10 Å². The quantitative estimate of drug-likeness (QED) is 0.115. The first-order chi connectivity index (χ1) is 21.9. The van der Waals surface area contributed by atoms with Crippen molar-refractivity contribution in [3.63, 3.8) is 0 Å². The number of amides is 2. The standard InChI is InChI=1S/C37H60ClN3O5/c1-28(12-19-33-25-37(44,27-38)26-36(3,4)46-33)11-14-30-15-17-31(18-16-30)39-34(42)20-13-29(2)45-35(43)41-23-21-40(22-24-41)32-9-7-5-6-8-10-32/h11-13,19-20,29-33,44H,5-10,14-18,21-27H2,1-4H3,(H,39,42)/b19-12+,20-13-,28-11+/t29-,30?,31?,33+,37+/m0/s1. The summed E-state index contributed by atoms with van der Waals surface area (Å²) in [5, 5.41) is 13.9. The van der Waals surface area contributed by atoms with Gasteiger partial charge in [-0.3, -0.25) is 9.69 Å². The average molecular weight is 662 g/mol. The lowest BCUT2D eigenvalue weighted by atomic mass is 9.82. The van der Waals surface area contributed by atoms with E-state index in [1.54, 1.807) is 11.0 Å². The fraction of sp³-hybridized carbons (Fsp3) is 0.784. The molecule has 8 nitrogen and oxygen atoms in total. The second-order valence-corrected chi connectivity index (χ2v) is 15.3. The van der Waals surface area contributed by atoms with Gasteiger partial charge in [-0.25, -0.2) is 4.79 Å². The molecule has 0 aromatic rings. The average Bonchev–Trinajstić information content (AvgIpc) is 3.31. The van der Waals surface area contributed by atoms with E-state index >= 15 is 0 Å². The molecule has 3 atom stereocenters. The van der Waals surface area contributed by atoms with Crippen molar-refractivity contribution < 1.29 is 24.2 Å². The summed E-state index contributed by atoms with van der Waals surface area (Å²) in [5.74, 6) is 0.690. The highest BCUT2D eigenvalue weighted by atomic mass is 35.5. The van der Waals surface area contributed by atoms with Gasteiger partial charge in [-0.2, -0.15) is 0 Å². The maximum absolute atomic E-state index is 12.7. The zero-order valence-corrected chi connectivity index (χ0v) is 29.6. The van der Waals surface area contributed by atoms with Crippen LogP contribution in [0.25, 0.3) is 0 Å². The fourth-order valence-electron chi connectivity index (χ4n) is 7.80. The zero-order valence-electron chi connectivity index (χ0n) is 28.9. The number of aliphatic hydroxyl groups is 1. The smallest absolute Gasteiger partial charge is 0.410 e. The van der Waals surface area contributed by atoms with E-state index in [4.69, 9.17) is 21.1 Å². The number of ether oxygens (including phenoxy) is 2. The van der Waals surface area contributed by atoms with Crippen molar-refractivity contribution in [3.05, 3.63) is 36.0 Å². The molecular weight excluding hydrogens is 602 g/mol. The minimum atomic E-state index is -0.894. The zero-order chi connectivity index (χ0) is 33.2. The minimum Gasteiger partial charge on any atom is -0.442 e. The third-order valence-corrected chi connectivity index (χ3v) is 10.8. The van der Waals surface area contributed by atoms with Crippen LogP contribution < -0.4 is 5.32 Å². The van der Waals surface area contributed by atoms with Crippen molar-refractivity contribution in [1.29, 1.82) is 0 Å². The molecule has 0 unspecified atom stereocenters. The number of carbonyl (C=O) groups excluding carboxylic acids is 2. The third kappa shape index (κ3) is 12.0. The molecule has 0 aromatic heterocycles. The normalized spacial score (nSPS) is 31.1. The number of hydrogen-bond donors (Lipinski definition) is 2. The Morgan fingerprint density at radius 2 is 1.70 bits per heavy atom. The molecule has 2 N–H and O–H groups in total. The van der Waals surface area contributed by atoms with E-state index in [9.17, 15) is 14.7 Å². The van der Waals surface area contributed by atoms with Gasteiger partial charge in [0.05, 0.1) is 23.2 Å². The summed E-state index contributed by atoms with van der Waals surface area (Å²) in [6, 6.07) is 0.843. The number of halogens is 1. The second-order valence-electron chi connectivity index (χ2n) is 15.0. The molecule has 4 aliphatic rings. The topological polar surface area (TPSA) is 91.3 Å². The highest BCUT2D eigenvalue weighted by Gasteiger charge is 2.42. The number of hydrogen-bond acceptors (Lipinski definition) is 6. The number of nitrogens with one attached hydrogen (secondary N) is 1. The van der Waals surface area contributed by atoms with Crippen LogP contribution in [-0.2, 0) is 14.3 Å². The summed E-state index contributed by atoms with van der Waals surface area (Å²) in [7, 11) is 0. The SMILES string of the molecule is CC(/C=C/[C@@H]1C[C@](O)(CCl)CC(C)(C)O1)=C\CC1CCC(NC(=O)/C=C\[C@H](C)OC(=O)N2CCN(C3CCCCCC3)CC2)CC1. The molecule has 4 rings (SSSR count). The summed E-state index contributed by atoms with van der Waals surface area (Å²) < 4.78 is 11.8. The van der Waals surface area contributed by atoms with Gasteiger partial charge in [0.25, 0.3) is 0 Å². The Kier molecular flexibility index (Phi) is 14.1. The lowest BCUT2D eigenvalue weighted by Crippen LogP contribution is -2.52. The highest BCUT2D eigenvalue weighted by molar-refractivity contribution is 6.18. The number of carbonyl (C=O) groups is 2. The van der Waals surface area contributed by atoms with Gasteiger partial charge < -0.3 is 24.8 Å². The number of piperazine rings is 1. The molecule has 2 saturated heterocycles. The molecule has 2 amide bonds. The van der Waals surface area contributed by atoms with Crippen molar-refractivity contribution in [2.75, 3.05) is 32.1 Å². The van der Waals surface area contributed by atoms with E-state index < -0.39 is 17.3 Å². The second kappa shape index (κ2) is 17.5. The first kappa shape index (κ1) is 37.0. The van der Waals surface area contributed by atoms with Gasteiger partial charge in [0, 0.05) is 57.2 Å². The van der Waals surface area contributed by atoms with E-state index in [-0.39, 0.29) is 30.0 Å². The molecule has 4 fully saturated rings. The number of alkyl halides is 1. The summed E-state index contributed by atoms with van der Waals surface area (Å²) in [5.41, 5.74) is -0.116. The van der Waals surface area contributed by atoms with E-state index in [1.807, 2.05) is 26.8 Å². The van der Waals surface area contributed by atoms with E-state index in [0.717, 1.165) is 45.2 Å². The molecule has 2 aliphatic heterocycles. The Bertz CT molecular complexity index is 1070. The Labute approximate surface area is 283 Å². The van der Waals surface area contributed by atoms with Crippen LogP contribution in [0.5, 0.6) is 0 Å². The molecule has 2 aliphatic carbocycles. The van der Waals surface area contributed by atoms with E-state index in [0.29, 0.717) is 37.9 Å². The van der Waals surface area contributed by atoms with Gasteiger partial charge in [0.15, 0.2) is 0 Å². The summed E-state index contributed by atoms with van der Waals surface area (Å²) in [6.07, 6.45) is 22.8. The van der Waals surface area contributed by atoms with Crippen molar-refractivity contribution in [1.82, 2.24) is 15.1 Å². The van der Waals surface area contributed by atoms with Crippen LogP contribution in [0.15, 0.2) is 36.0 Å². The van der Waals surface area contributed by atoms with Crippen LogP contribution in [0.3, 0.4) is 0 Å². The van der Waals surface area contributed by atoms with E-state index in [2.05, 4.69) is 29.3 Å². The molecule has 0 spiro atoms. The van der Waals surface area contributed by atoms with Crippen LogP contribution in [0.1, 0.15) is 111 Å². The highest BCUT2D eigenvalue weighted by Crippen LogP contribution is 2.37. The first-order valence-corrected chi connectivity index (χ1v) is 18.5. The maximum atomic E-state index is 12.7. The first-order valence-electron chi connectivity index (χ1n) is 17.9. The van der Waals surface area contributed by atoms with Gasteiger partial charge >= 0.3 is 6.09 Å². The number of nitrogens with zero attached hydrogens (tertiary/aromatic N) is 2. The van der Waals surface area contributed by atoms with Crippen LogP contribution in [0.4, 0.5) is 4.79 Å². The largest absolute Gasteiger partial charge is 0.442 e. The lowest BCUT2D eigenvalue weighted by Gasteiger charge is -2.44. The minimum absolute atomic E-state index is 0.126. The fourth-order valence-corrected chi connectivity index (χ4v) is 8.00. The summed E-state index contributed by atoms with van der Waals surface area (Å²) >= 11 is 6.06. The molecular formula is C37H60ClN3O5. The number of rotatable bonds is 10. The van der Waals surface area contributed by atoms with Gasteiger partial charge in [-0.15, -0.1) is 11.6 Å². The molecule has 2 saturated carbocycles. The van der Waals surface area contributed by atoms with Crippen molar-refractivity contribution in [2.24, 2.45) is 5.92 Å². The number of allylic oxidation sites excluding steroid dienone is 3. The summed E-state index contributed by atoms with van der Waals surface area (Å²) in [6.45, 7) is 11.1. The Morgan fingerprint density at radius 1 is 1.02 bits per heavy atom. The van der Waals surface area contributed by atoms with Crippen molar-refractivity contribution in [3.8, 4) is 0 Å². The van der Waals surface area contributed by atoms with E-state index in [1.165, 1.54) is 50.2 Å². The Balaban J connectivity index is 1.10. The molecule has 260 valence electrons.